The third-order valence-corrected chi connectivity index (χ3v) is 2.37. The van der Waals surface area contributed by atoms with Crippen molar-refractivity contribution in [2.45, 2.75) is 25.9 Å². The topological polar surface area (TPSA) is 67.2 Å². The van der Waals surface area contributed by atoms with Gasteiger partial charge in [0.05, 0.1) is 12.6 Å². The molecule has 15 heavy (non-hydrogen) atoms. The molecular formula is C9H14ClN3O2. The zero-order chi connectivity index (χ0) is 11.3. The maximum absolute atomic E-state index is 11.5. The Morgan fingerprint density at radius 2 is 2.53 bits per heavy atom. The molecule has 1 aromatic heterocycles. The van der Waals surface area contributed by atoms with Gasteiger partial charge >= 0.3 is 0 Å². The van der Waals surface area contributed by atoms with Gasteiger partial charge in [-0.05, 0) is 18.0 Å². The summed E-state index contributed by atoms with van der Waals surface area (Å²) >= 11 is 5.71. The molecule has 1 amide bonds. The van der Waals surface area contributed by atoms with Gasteiger partial charge in [0.2, 0.25) is 11.2 Å². The third kappa shape index (κ3) is 3.53. The highest BCUT2D eigenvalue weighted by Crippen LogP contribution is 2.03. The number of aliphatic hydroxyl groups excluding tert-OH is 1. The normalized spacial score (nSPS) is 12.5. The number of rotatable bonds is 5. The zero-order valence-electron chi connectivity index (χ0n) is 8.48. The minimum atomic E-state index is -0.195. The molecule has 1 heterocycles. The lowest BCUT2D eigenvalue weighted by atomic mass is 10.2. The van der Waals surface area contributed by atoms with Gasteiger partial charge in [-0.3, -0.25) is 4.79 Å². The van der Waals surface area contributed by atoms with Crippen LogP contribution < -0.4 is 5.32 Å². The molecule has 1 atom stereocenters. The highest BCUT2D eigenvalue weighted by Gasteiger charge is 2.10. The van der Waals surface area contributed by atoms with E-state index in [-0.39, 0.29) is 30.4 Å². The SMILES string of the molecule is CCC(CO)NC(=O)Cn1ccnc1Cl. The first-order chi connectivity index (χ1) is 7.17. The third-order valence-electron chi connectivity index (χ3n) is 2.06. The van der Waals surface area contributed by atoms with Crippen molar-refractivity contribution in [2.75, 3.05) is 6.61 Å². The molecule has 6 heteroatoms. The fraction of sp³-hybridized carbons (Fsp3) is 0.556. The molecular weight excluding hydrogens is 218 g/mol. The van der Waals surface area contributed by atoms with Gasteiger partial charge in [-0.15, -0.1) is 0 Å². The summed E-state index contributed by atoms with van der Waals surface area (Å²) in [6.07, 6.45) is 3.85. The molecule has 0 aliphatic carbocycles. The Balaban J connectivity index is 2.46. The molecule has 0 aliphatic heterocycles. The highest BCUT2D eigenvalue weighted by molar-refractivity contribution is 6.28. The number of amides is 1. The Kier molecular flexibility index (Phi) is 4.58. The standard InChI is InChI=1S/C9H14ClN3O2/c1-2-7(6-14)12-8(15)5-13-4-3-11-9(13)10/h3-4,7,14H,2,5-6H2,1H3,(H,12,15). The van der Waals surface area contributed by atoms with E-state index in [1.165, 1.54) is 10.8 Å². The zero-order valence-corrected chi connectivity index (χ0v) is 9.24. The first-order valence-electron chi connectivity index (χ1n) is 4.74. The van der Waals surface area contributed by atoms with E-state index in [1.807, 2.05) is 6.92 Å². The van der Waals surface area contributed by atoms with Crippen LogP contribution in [0.5, 0.6) is 0 Å². The van der Waals surface area contributed by atoms with Gasteiger partial charge in [-0.2, -0.15) is 0 Å². The van der Waals surface area contributed by atoms with Crippen LogP contribution >= 0.6 is 11.6 Å². The van der Waals surface area contributed by atoms with Crippen LogP contribution in [0.25, 0.3) is 0 Å². The van der Waals surface area contributed by atoms with Crippen molar-refractivity contribution in [1.82, 2.24) is 14.9 Å². The van der Waals surface area contributed by atoms with Crippen LogP contribution in [0.15, 0.2) is 12.4 Å². The molecule has 1 unspecified atom stereocenters. The van der Waals surface area contributed by atoms with Gasteiger partial charge in [0.1, 0.15) is 6.54 Å². The molecule has 0 spiro atoms. The summed E-state index contributed by atoms with van der Waals surface area (Å²) in [5, 5.41) is 11.9. The summed E-state index contributed by atoms with van der Waals surface area (Å²) in [5.41, 5.74) is 0. The quantitative estimate of drug-likeness (QED) is 0.772. The van der Waals surface area contributed by atoms with Crippen LogP contribution in [0, 0.1) is 0 Å². The number of halogens is 1. The Morgan fingerprint density at radius 3 is 3.00 bits per heavy atom. The molecule has 84 valence electrons. The maximum Gasteiger partial charge on any atom is 0.240 e. The average Bonchev–Trinajstić information content (AvgIpc) is 2.61. The maximum atomic E-state index is 11.5. The van der Waals surface area contributed by atoms with E-state index >= 15 is 0 Å². The number of carbonyl (C=O) groups excluding carboxylic acids is 1. The number of carbonyl (C=O) groups is 1. The van der Waals surface area contributed by atoms with Crippen LogP contribution in [0.3, 0.4) is 0 Å². The first-order valence-corrected chi connectivity index (χ1v) is 5.12. The molecule has 0 fully saturated rings. The number of aromatic nitrogens is 2. The van der Waals surface area contributed by atoms with Crippen molar-refractivity contribution >= 4 is 17.5 Å². The fourth-order valence-corrected chi connectivity index (χ4v) is 1.31. The Morgan fingerprint density at radius 1 is 1.80 bits per heavy atom. The van der Waals surface area contributed by atoms with Crippen molar-refractivity contribution in [3.05, 3.63) is 17.7 Å². The highest BCUT2D eigenvalue weighted by atomic mass is 35.5. The summed E-state index contributed by atoms with van der Waals surface area (Å²) in [7, 11) is 0. The summed E-state index contributed by atoms with van der Waals surface area (Å²) in [6, 6.07) is -0.195. The van der Waals surface area contributed by atoms with E-state index in [0.717, 1.165) is 0 Å². The van der Waals surface area contributed by atoms with Gasteiger partial charge in [0, 0.05) is 12.4 Å². The van der Waals surface area contributed by atoms with Crippen LogP contribution in [0.4, 0.5) is 0 Å². The Bertz CT molecular complexity index is 323. The monoisotopic (exact) mass is 231 g/mol. The lowest BCUT2D eigenvalue weighted by molar-refractivity contribution is -0.122. The van der Waals surface area contributed by atoms with Crippen LogP contribution in [0.2, 0.25) is 5.28 Å². The molecule has 0 saturated carbocycles. The Hall–Kier alpha value is -1.07. The van der Waals surface area contributed by atoms with E-state index in [1.54, 1.807) is 6.20 Å². The first kappa shape index (κ1) is 12.0. The molecule has 5 nitrogen and oxygen atoms in total. The molecule has 0 aliphatic rings. The van der Waals surface area contributed by atoms with Crippen molar-refractivity contribution in [1.29, 1.82) is 0 Å². The number of nitrogens with zero attached hydrogens (tertiary/aromatic N) is 2. The van der Waals surface area contributed by atoms with Crippen LogP contribution in [0.1, 0.15) is 13.3 Å². The predicted molar refractivity (Wildman–Crippen MR) is 56.5 cm³/mol. The van der Waals surface area contributed by atoms with Crippen molar-refractivity contribution in [3.63, 3.8) is 0 Å². The number of hydrogen-bond donors (Lipinski definition) is 2. The second-order valence-electron chi connectivity index (χ2n) is 3.18. The Labute approximate surface area is 93.1 Å². The van der Waals surface area contributed by atoms with Crippen LogP contribution in [-0.4, -0.2) is 33.2 Å². The van der Waals surface area contributed by atoms with Gasteiger partial charge in [0.15, 0.2) is 0 Å². The smallest absolute Gasteiger partial charge is 0.240 e. The molecule has 1 rings (SSSR count). The van der Waals surface area contributed by atoms with E-state index in [0.29, 0.717) is 6.42 Å². The molecule has 0 saturated heterocycles. The van der Waals surface area contributed by atoms with Gasteiger partial charge in [-0.1, -0.05) is 6.92 Å². The van der Waals surface area contributed by atoms with E-state index in [4.69, 9.17) is 16.7 Å². The number of aliphatic hydroxyl groups is 1. The molecule has 2 N–H and O–H groups in total. The van der Waals surface area contributed by atoms with E-state index in [9.17, 15) is 4.79 Å². The lowest BCUT2D eigenvalue weighted by Crippen LogP contribution is -2.38. The minimum Gasteiger partial charge on any atom is -0.394 e. The van der Waals surface area contributed by atoms with Gasteiger partial charge in [-0.25, -0.2) is 4.98 Å². The van der Waals surface area contributed by atoms with Crippen molar-refractivity contribution < 1.29 is 9.90 Å². The second-order valence-corrected chi connectivity index (χ2v) is 3.52. The number of hydrogen-bond acceptors (Lipinski definition) is 3. The van der Waals surface area contributed by atoms with Crippen LogP contribution in [-0.2, 0) is 11.3 Å². The number of imidazole rings is 1. The van der Waals surface area contributed by atoms with E-state index < -0.39 is 0 Å². The largest absolute Gasteiger partial charge is 0.394 e. The van der Waals surface area contributed by atoms with Crippen molar-refractivity contribution in [3.8, 4) is 0 Å². The fourth-order valence-electron chi connectivity index (χ4n) is 1.13. The second kappa shape index (κ2) is 5.72. The molecule has 0 bridgehead atoms. The van der Waals surface area contributed by atoms with E-state index in [2.05, 4.69) is 10.3 Å². The molecule has 0 radical (unpaired) electrons. The summed E-state index contributed by atoms with van der Waals surface area (Å²) in [6.45, 7) is 1.96. The molecule has 0 aromatic carbocycles. The average molecular weight is 232 g/mol. The number of nitrogens with one attached hydrogen (secondary N) is 1. The minimum absolute atomic E-state index is 0.0557. The lowest BCUT2D eigenvalue weighted by Gasteiger charge is -2.14. The summed E-state index contributed by atoms with van der Waals surface area (Å²) < 4.78 is 1.53. The van der Waals surface area contributed by atoms with Gasteiger partial charge in [0.25, 0.3) is 0 Å². The summed E-state index contributed by atoms with van der Waals surface area (Å²) in [5.74, 6) is -0.184. The molecule has 1 aromatic rings. The van der Waals surface area contributed by atoms with Crippen molar-refractivity contribution in [2.24, 2.45) is 0 Å². The van der Waals surface area contributed by atoms with Gasteiger partial charge < -0.3 is 15.0 Å². The summed E-state index contributed by atoms with van der Waals surface area (Å²) in [4.78, 5) is 15.2. The predicted octanol–water partition coefficient (Wildman–Crippen LogP) is 0.424.